The Morgan fingerprint density at radius 3 is 2.64 bits per heavy atom. The van der Waals surface area contributed by atoms with E-state index in [0.29, 0.717) is 25.9 Å². The summed E-state index contributed by atoms with van der Waals surface area (Å²) in [6.45, 7) is 2.83. The highest BCUT2D eigenvalue weighted by molar-refractivity contribution is 8.01. The lowest BCUT2D eigenvalue weighted by Gasteiger charge is -2.47. The highest BCUT2D eigenvalue weighted by Crippen LogP contribution is 2.40. The number of hydrogen-bond acceptors (Lipinski definition) is 6. The predicted octanol–water partition coefficient (Wildman–Crippen LogP) is 1.12. The van der Waals surface area contributed by atoms with Gasteiger partial charge in [0.15, 0.2) is 0 Å². The highest BCUT2D eigenvalue weighted by Gasteiger charge is 2.51. The zero-order valence-corrected chi connectivity index (χ0v) is 18.4. The van der Waals surface area contributed by atoms with Crippen LogP contribution in [0.2, 0.25) is 0 Å². The van der Waals surface area contributed by atoms with Gasteiger partial charge in [0.25, 0.3) is 0 Å². The molecule has 4 fully saturated rings. The molecule has 0 aromatic rings. The van der Waals surface area contributed by atoms with Crippen molar-refractivity contribution < 1.29 is 18.0 Å². The minimum atomic E-state index is -3.49. The van der Waals surface area contributed by atoms with Crippen molar-refractivity contribution in [3.63, 3.8) is 0 Å². The molecule has 0 aromatic carbocycles. The van der Waals surface area contributed by atoms with Crippen LogP contribution in [0.25, 0.3) is 0 Å². The summed E-state index contributed by atoms with van der Waals surface area (Å²) in [6.07, 6.45) is 2.95. The Morgan fingerprint density at radius 2 is 2.04 bits per heavy atom. The van der Waals surface area contributed by atoms with Crippen LogP contribution >= 0.6 is 23.4 Å². The summed E-state index contributed by atoms with van der Waals surface area (Å²) in [7, 11) is -1.78. The molecule has 2 aliphatic carbocycles. The molecule has 4 aliphatic rings. The van der Waals surface area contributed by atoms with Crippen molar-refractivity contribution in [2.45, 2.75) is 65.9 Å². The number of amides is 3. The van der Waals surface area contributed by atoms with Gasteiger partial charge in [-0.1, -0.05) is 11.6 Å². The van der Waals surface area contributed by atoms with Gasteiger partial charge < -0.3 is 4.90 Å². The molecule has 8 nitrogen and oxygen atoms in total. The molecular weight excluding hydrogens is 424 g/mol. The third kappa shape index (κ3) is 3.90. The van der Waals surface area contributed by atoms with Gasteiger partial charge in [0.1, 0.15) is 4.83 Å². The average Bonchev–Trinajstić information content (AvgIpc) is 3.20. The summed E-state index contributed by atoms with van der Waals surface area (Å²) in [4.78, 5) is 28.6. The summed E-state index contributed by atoms with van der Waals surface area (Å²) in [6, 6.07) is -0.524. The molecule has 0 spiro atoms. The van der Waals surface area contributed by atoms with E-state index in [1.54, 1.807) is 11.9 Å². The van der Waals surface area contributed by atoms with Gasteiger partial charge in [0, 0.05) is 37.0 Å². The van der Waals surface area contributed by atoms with Crippen LogP contribution in [-0.4, -0.2) is 77.2 Å². The standard InChI is InChI=1S/C17H27ClN4O4S2/c1-17(5-6-17)20-28(25,26)11-3-4-13-12(7-11)14(23)22(16(24)21(13)2)9-10-8-19-15(18)27-10/h10-13,15,19-20H,3-9H2,1-2H3. The molecule has 2 saturated carbocycles. The van der Waals surface area contributed by atoms with E-state index in [2.05, 4.69) is 10.0 Å². The summed E-state index contributed by atoms with van der Waals surface area (Å²) in [5, 5.41) is 2.54. The van der Waals surface area contributed by atoms with Crippen LogP contribution < -0.4 is 10.0 Å². The zero-order chi connectivity index (χ0) is 20.3. The summed E-state index contributed by atoms with van der Waals surface area (Å²) >= 11 is 7.54. The van der Waals surface area contributed by atoms with Gasteiger partial charge in [-0.05, 0) is 39.0 Å². The second-order valence-corrected chi connectivity index (χ2v) is 12.7. The molecular formula is C17H27ClN4O4S2. The topological polar surface area (TPSA) is 98.8 Å². The van der Waals surface area contributed by atoms with Gasteiger partial charge in [-0.2, -0.15) is 0 Å². The molecule has 0 aromatic heterocycles. The van der Waals surface area contributed by atoms with Crippen LogP contribution in [0.1, 0.15) is 39.0 Å². The maximum Gasteiger partial charge on any atom is 0.326 e. The van der Waals surface area contributed by atoms with E-state index in [9.17, 15) is 18.0 Å². The molecule has 2 heterocycles. The number of carbonyl (C=O) groups excluding carboxylic acids is 2. The fourth-order valence-electron chi connectivity index (χ4n) is 4.44. The third-order valence-electron chi connectivity index (χ3n) is 6.41. The summed E-state index contributed by atoms with van der Waals surface area (Å²) < 4.78 is 28.5. The summed E-state index contributed by atoms with van der Waals surface area (Å²) in [5.74, 6) is -0.722. The average molecular weight is 451 g/mol. The fourth-order valence-corrected chi connectivity index (χ4v) is 7.89. The van der Waals surface area contributed by atoms with Crippen LogP contribution in [-0.2, 0) is 14.8 Å². The Hall–Kier alpha value is -0.550. The number of thioether (sulfide) groups is 1. The fraction of sp³-hybridized carbons (Fsp3) is 0.882. The van der Waals surface area contributed by atoms with Crippen LogP contribution in [0.15, 0.2) is 0 Å². The molecule has 158 valence electrons. The van der Waals surface area contributed by atoms with Gasteiger partial charge in [0.2, 0.25) is 15.9 Å². The molecule has 2 saturated heterocycles. The predicted molar refractivity (Wildman–Crippen MR) is 109 cm³/mol. The molecule has 0 bridgehead atoms. The SMILES string of the molecule is CN1C(=O)N(CC2CNC(Cl)S2)C(=O)C2CC(S(=O)(=O)NC3(C)CC3)CCC21. The van der Waals surface area contributed by atoms with Crippen LogP contribution in [0, 0.1) is 5.92 Å². The van der Waals surface area contributed by atoms with Crippen molar-refractivity contribution in [3.05, 3.63) is 0 Å². The number of nitrogens with one attached hydrogen (secondary N) is 2. The van der Waals surface area contributed by atoms with Gasteiger partial charge in [-0.25, -0.2) is 17.9 Å². The first kappa shape index (κ1) is 20.7. The normalized spacial score (nSPS) is 37.9. The van der Waals surface area contributed by atoms with Crippen LogP contribution in [0.5, 0.6) is 0 Å². The highest BCUT2D eigenvalue weighted by atomic mass is 35.5. The number of sulfonamides is 1. The molecule has 2 aliphatic heterocycles. The Labute approximate surface area is 175 Å². The van der Waals surface area contributed by atoms with Crippen LogP contribution in [0.3, 0.4) is 0 Å². The first-order valence-corrected chi connectivity index (χ1v) is 12.7. The van der Waals surface area contributed by atoms with E-state index < -0.39 is 21.2 Å². The molecule has 4 rings (SSSR count). The number of nitrogens with zero attached hydrogens (tertiary/aromatic N) is 2. The molecule has 28 heavy (non-hydrogen) atoms. The maximum atomic E-state index is 13.2. The van der Waals surface area contributed by atoms with Gasteiger partial charge in [0.05, 0.1) is 11.2 Å². The largest absolute Gasteiger partial charge is 0.326 e. The Balaban J connectivity index is 1.49. The van der Waals surface area contributed by atoms with E-state index in [1.165, 1.54) is 16.7 Å². The monoisotopic (exact) mass is 450 g/mol. The number of rotatable bonds is 5. The Kier molecular flexibility index (Phi) is 5.40. The minimum Gasteiger partial charge on any atom is -0.324 e. The second-order valence-electron chi connectivity index (χ2n) is 8.64. The first-order valence-electron chi connectivity index (χ1n) is 9.73. The lowest BCUT2D eigenvalue weighted by atomic mass is 9.81. The number of alkyl halides is 1. The third-order valence-corrected chi connectivity index (χ3v) is 10.1. The number of carbonyl (C=O) groups is 2. The van der Waals surface area contributed by atoms with E-state index in [0.717, 1.165) is 12.8 Å². The van der Waals surface area contributed by atoms with E-state index in [-0.39, 0.29) is 40.0 Å². The quantitative estimate of drug-likeness (QED) is 0.481. The molecule has 0 radical (unpaired) electrons. The summed E-state index contributed by atoms with van der Waals surface area (Å²) in [5.41, 5.74) is -0.324. The zero-order valence-electron chi connectivity index (χ0n) is 16.1. The van der Waals surface area contributed by atoms with Gasteiger partial charge in [-0.3, -0.25) is 15.0 Å². The molecule has 2 N–H and O–H groups in total. The van der Waals surface area contributed by atoms with Gasteiger partial charge in [-0.15, -0.1) is 11.8 Å². The number of imide groups is 1. The lowest BCUT2D eigenvalue weighted by molar-refractivity contribution is -0.139. The molecule has 5 atom stereocenters. The Morgan fingerprint density at radius 1 is 1.32 bits per heavy atom. The minimum absolute atomic E-state index is 0.0416. The van der Waals surface area contributed by atoms with Crippen molar-refractivity contribution in [1.29, 1.82) is 0 Å². The number of fused-ring (bicyclic) bond motifs is 1. The van der Waals surface area contributed by atoms with Gasteiger partial charge >= 0.3 is 6.03 Å². The lowest BCUT2D eigenvalue weighted by Crippen LogP contribution is -2.63. The van der Waals surface area contributed by atoms with E-state index in [4.69, 9.17) is 11.6 Å². The van der Waals surface area contributed by atoms with Crippen molar-refractivity contribution in [1.82, 2.24) is 19.8 Å². The molecule has 3 amide bonds. The van der Waals surface area contributed by atoms with Crippen molar-refractivity contribution in [2.24, 2.45) is 5.92 Å². The van der Waals surface area contributed by atoms with Crippen molar-refractivity contribution >= 4 is 45.3 Å². The molecule has 5 unspecified atom stereocenters. The number of urea groups is 1. The number of hydrogen-bond donors (Lipinski definition) is 2. The maximum absolute atomic E-state index is 13.2. The van der Waals surface area contributed by atoms with Crippen molar-refractivity contribution in [3.8, 4) is 0 Å². The van der Waals surface area contributed by atoms with E-state index >= 15 is 0 Å². The molecule has 11 heteroatoms. The Bertz CT molecular complexity index is 775. The first-order chi connectivity index (χ1) is 13.1. The van der Waals surface area contributed by atoms with Crippen molar-refractivity contribution in [2.75, 3.05) is 20.1 Å². The van der Waals surface area contributed by atoms with E-state index in [1.807, 2.05) is 6.92 Å². The number of halogens is 1. The van der Waals surface area contributed by atoms with Crippen LogP contribution in [0.4, 0.5) is 4.79 Å². The smallest absolute Gasteiger partial charge is 0.324 e. The second kappa shape index (κ2) is 7.30.